The van der Waals surface area contributed by atoms with Crippen molar-refractivity contribution in [1.82, 2.24) is 0 Å². The first-order valence-electron chi connectivity index (χ1n) is 5.94. The molecule has 0 heterocycles. The molecule has 0 fully saturated rings. The zero-order valence-electron chi connectivity index (χ0n) is 11.4. The molecule has 1 aromatic rings. The van der Waals surface area contributed by atoms with Crippen LogP contribution in [0.4, 0.5) is 4.53 Å². The summed E-state index contributed by atoms with van der Waals surface area (Å²) in [6.45, 7) is 14.0. The van der Waals surface area contributed by atoms with E-state index in [1.165, 1.54) is 5.56 Å². The minimum absolute atomic E-state index is 0.156. The van der Waals surface area contributed by atoms with Gasteiger partial charge in [-0.25, -0.2) is 0 Å². The molecule has 0 aliphatic heterocycles. The molecule has 0 N–H and O–H groups in total. The van der Waals surface area contributed by atoms with Crippen molar-refractivity contribution in [1.29, 1.82) is 0 Å². The van der Waals surface area contributed by atoms with Gasteiger partial charge in [0.2, 0.25) is 0 Å². The first-order valence-corrected chi connectivity index (χ1v) is 5.94. The third-order valence-electron chi connectivity index (χ3n) is 3.16. The topological polar surface area (TPSA) is 9.23 Å². The summed E-state index contributed by atoms with van der Waals surface area (Å²) in [6, 6.07) is 2.04. The van der Waals surface area contributed by atoms with Gasteiger partial charge in [-0.2, -0.15) is 0 Å². The highest BCUT2D eigenvalue weighted by Gasteiger charge is 2.24. The highest BCUT2D eigenvalue weighted by atomic mass is 19.3. The maximum absolute atomic E-state index is 12.8. The van der Waals surface area contributed by atoms with Gasteiger partial charge in [0, 0.05) is 15.7 Å². The van der Waals surface area contributed by atoms with Crippen molar-refractivity contribution in [2.24, 2.45) is 0 Å². The summed E-state index contributed by atoms with van der Waals surface area (Å²) in [4.78, 5) is 4.10. The maximum Gasteiger partial charge on any atom is 0.183 e. The van der Waals surface area contributed by atoms with Crippen LogP contribution in [0.1, 0.15) is 49.9 Å². The van der Waals surface area contributed by atoms with E-state index in [1.807, 2.05) is 33.8 Å². The molecule has 0 atom stereocenters. The summed E-state index contributed by atoms with van der Waals surface area (Å²) in [6.07, 6.45) is 2.58. The van der Waals surface area contributed by atoms with Crippen molar-refractivity contribution >= 4 is 6.08 Å². The van der Waals surface area contributed by atoms with Gasteiger partial charge in [0.15, 0.2) is 5.75 Å². The first-order chi connectivity index (χ1) is 7.86. The van der Waals surface area contributed by atoms with Gasteiger partial charge in [-0.1, -0.05) is 46.4 Å². The van der Waals surface area contributed by atoms with Crippen LogP contribution in [-0.4, -0.2) is 0 Å². The second-order valence-electron chi connectivity index (χ2n) is 5.34. The Bertz CT molecular complexity index is 428. The molecule has 0 amide bonds. The van der Waals surface area contributed by atoms with Crippen molar-refractivity contribution in [2.45, 2.75) is 46.5 Å². The number of benzene rings is 1. The Morgan fingerprint density at radius 2 is 2.00 bits per heavy atom. The minimum atomic E-state index is -0.156. The Kier molecular flexibility index (Phi) is 3.97. The van der Waals surface area contributed by atoms with Crippen LogP contribution in [0, 0.1) is 6.92 Å². The van der Waals surface area contributed by atoms with Gasteiger partial charge in [-0.05, 0) is 29.9 Å². The van der Waals surface area contributed by atoms with E-state index in [-0.39, 0.29) is 5.41 Å². The molecule has 0 radical (unpaired) electrons. The van der Waals surface area contributed by atoms with Crippen LogP contribution < -0.4 is 4.94 Å². The summed E-state index contributed by atoms with van der Waals surface area (Å²) < 4.78 is 12.8. The van der Waals surface area contributed by atoms with E-state index < -0.39 is 0 Å². The molecule has 2 heteroatoms. The van der Waals surface area contributed by atoms with Gasteiger partial charge in [0.1, 0.15) is 0 Å². The van der Waals surface area contributed by atoms with Crippen molar-refractivity contribution in [3.05, 3.63) is 34.9 Å². The summed E-state index contributed by atoms with van der Waals surface area (Å²) in [5.74, 6) is 0.308. The van der Waals surface area contributed by atoms with Gasteiger partial charge >= 0.3 is 0 Å². The summed E-state index contributed by atoms with van der Waals surface area (Å²) in [7, 11) is 0. The van der Waals surface area contributed by atoms with E-state index in [0.717, 1.165) is 23.1 Å². The molecule has 1 nitrogen and oxygen atoms in total. The van der Waals surface area contributed by atoms with Gasteiger partial charge in [0.25, 0.3) is 0 Å². The molecule has 0 aliphatic rings. The van der Waals surface area contributed by atoms with E-state index in [0.29, 0.717) is 5.75 Å². The van der Waals surface area contributed by atoms with Crippen LogP contribution in [0.25, 0.3) is 6.08 Å². The second kappa shape index (κ2) is 4.91. The van der Waals surface area contributed by atoms with Crippen molar-refractivity contribution < 1.29 is 9.47 Å². The van der Waals surface area contributed by atoms with Gasteiger partial charge < -0.3 is 0 Å². The van der Waals surface area contributed by atoms with Crippen molar-refractivity contribution in [3.63, 3.8) is 0 Å². The average molecular weight is 236 g/mol. The lowest BCUT2D eigenvalue weighted by Crippen LogP contribution is -2.14. The molecule has 0 bridgehead atoms. The van der Waals surface area contributed by atoms with Gasteiger partial charge in [0.05, 0.1) is 0 Å². The molecule has 0 aromatic heterocycles. The molecule has 1 rings (SSSR count). The molecule has 94 valence electrons. The van der Waals surface area contributed by atoms with Crippen LogP contribution in [0.3, 0.4) is 0 Å². The lowest BCUT2D eigenvalue weighted by Gasteiger charge is -2.24. The molecular formula is C15H21FO. The third kappa shape index (κ3) is 2.51. The van der Waals surface area contributed by atoms with Gasteiger partial charge in [-0.15, -0.1) is 0 Å². The quantitative estimate of drug-likeness (QED) is 0.735. The van der Waals surface area contributed by atoms with Crippen LogP contribution in [0.5, 0.6) is 5.75 Å². The molecule has 0 saturated carbocycles. The van der Waals surface area contributed by atoms with Gasteiger partial charge in [-0.3, -0.25) is 4.94 Å². The molecule has 0 spiro atoms. The second-order valence-corrected chi connectivity index (χ2v) is 5.34. The maximum atomic E-state index is 12.8. The van der Waals surface area contributed by atoms with E-state index >= 15 is 0 Å². The lowest BCUT2D eigenvalue weighted by molar-refractivity contribution is -0.00862. The van der Waals surface area contributed by atoms with Crippen molar-refractivity contribution in [3.8, 4) is 5.75 Å². The number of hydrogen-bond donors (Lipinski definition) is 0. The number of hydrogen-bond acceptors (Lipinski definition) is 1. The molecule has 0 aliphatic carbocycles. The highest BCUT2D eigenvalue weighted by Crippen LogP contribution is 2.38. The molecular weight excluding hydrogens is 215 g/mol. The first kappa shape index (κ1) is 13.8. The number of aryl methyl sites for hydroxylation is 1. The van der Waals surface area contributed by atoms with Crippen LogP contribution in [-0.2, 0) is 11.8 Å². The summed E-state index contributed by atoms with van der Waals surface area (Å²) >= 11 is 0. The predicted octanol–water partition coefficient (Wildman–Crippen LogP) is 4.76. The van der Waals surface area contributed by atoms with Crippen LogP contribution >= 0.6 is 0 Å². The van der Waals surface area contributed by atoms with E-state index in [2.05, 4.69) is 18.4 Å². The number of rotatable bonds is 3. The monoisotopic (exact) mass is 236 g/mol. The largest absolute Gasteiger partial charge is 0.293 e. The summed E-state index contributed by atoms with van der Waals surface area (Å²) in [5.41, 5.74) is 3.75. The highest BCUT2D eigenvalue weighted by molar-refractivity contribution is 5.65. The smallest absolute Gasteiger partial charge is 0.183 e. The van der Waals surface area contributed by atoms with Crippen LogP contribution in [0.2, 0.25) is 0 Å². The SMILES string of the molecule is C=Cc1c(C)c(CC)cc(C(C)(C)C)c1OF. The van der Waals surface area contributed by atoms with Crippen LogP contribution in [0.15, 0.2) is 12.6 Å². The Morgan fingerprint density at radius 1 is 1.41 bits per heavy atom. The Balaban J connectivity index is 3.65. The fourth-order valence-electron chi connectivity index (χ4n) is 2.09. The summed E-state index contributed by atoms with van der Waals surface area (Å²) in [5, 5.41) is 0. The zero-order chi connectivity index (χ0) is 13.2. The lowest BCUT2D eigenvalue weighted by atomic mass is 9.82. The fraction of sp³-hybridized carbons (Fsp3) is 0.467. The Morgan fingerprint density at radius 3 is 2.35 bits per heavy atom. The molecule has 1 aromatic carbocycles. The predicted molar refractivity (Wildman–Crippen MR) is 71.1 cm³/mol. The molecule has 0 saturated heterocycles. The van der Waals surface area contributed by atoms with E-state index in [4.69, 9.17) is 0 Å². The van der Waals surface area contributed by atoms with E-state index in [1.54, 1.807) is 6.08 Å². The van der Waals surface area contributed by atoms with E-state index in [9.17, 15) is 4.53 Å². The average Bonchev–Trinajstić information content (AvgIpc) is 2.26. The fourth-order valence-corrected chi connectivity index (χ4v) is 2.09. The number of halogens is 1. The Hall–Kier alpha value is -1.31. The normalized spacial score (nSPS) is 11.4. The third-order valence-corrected chi connectivity index (χ3v) is 3.16. The molecule has 0 unspecified atom stereocenters. The minimum Gasteiger partial charge on any atom is -0.293 e. The zero-order valence-corrected chi connectivity index (χ0v) is 11.4. The molecule has 17 heavy (non-hydrogen) atoms. The Labute approximate surface area is 103 Å². The standard InChI is InChI=1S/C15H21FO/c1-7-11-9-13(15(4,5)6)14(17-16)12(8-2)10(11)3/h8-9H,2,7H2,1,3-6H3. The van der Waals surface area contributed by atoms with Crippen molar-refractivity contribution in [2.75, 3.05) is 0 Å².